The molecule has 2 atom stereocenters. The minimum Gasteiger partial charge on any atom is -0.488 e. The summed E-state index contributed by atoms with van der Waals surface area (Å²) in [6.07, 6.45) is 10.7. The number of ether oxygens (including phenoxy) is 3. The van der Waals surface area contributed by atoms with Crippen LogP contribution in [0, 0.1) is 23.7 Å². The van der Waals surface area contributed by atoms with Gasteiger partial charge in [-0.3, -0.25) is 0 Å². The van der Waals surface area contributed by atoms with Crippen LogP contribution in [0.15, 0.2) is 48.5 Å². The first-order chi connectivity index (χ1) is 20.5. The van der Waals surface area contributed by atoms with E-state index in [0.29, 0.717) is 23.7 Å². The molecule has 4 fully saturated rings. The zero-order chi connectivity index (χ0) is 31.2. The summed E-state index contributed by atoms with van der Waals surface area (Å²) in [6, 6.07) is 16.6. The average Bonchev–Trinajstić information content (AvgIpc) is 3.01. The number of esters is 1. The van der Waals surface area contributed by atoms with Crippen molar-refractivity contribution >= 4 is 5.97 Å². The first-order valence-electron chi connectivity index (χ1n) is 17.3. The van der Waals surface area contributed by atoms with Crippen molar-refractivity contribution in [2.75, 3.05) is 6.61 Å². The number of carbonyl (C=O) groups excluding carboxylic acids is 1. The number of carbonyl (C=O) groups is 1. The molecule has 4 aliphatic rings. The van der Waals surface area contributed by atoms with Gasteiger partial charge in [-0.1, -0.05) is 65.8 Å². The lowest BCUT2D eigenvalue weighted by Crippen LogP contribution is -2.59. The van der Waals surface area contributed by atoms with Gasteiger partial charge >= 0.3 is 5.97 Å². The lowest BCUT2D eigenvalue weighted by molar-refractivity contribution is -0.212. The molecule has 4 bridgehead atoms. The topological polar surface area (TPSA) is 44.8 Å². The molecule has 0 amide bonds. The Morgan fingerprint density at radius 3 is 1.65 bits per heavy atom. The molecule has 0 spiro atoms. The lowest BCUT2D eigenvalue weighted by Gasteiger charge is -2.60. The highest BCUT2D eigenvalue weighted by atomic mass is 16.6. The normalized spacial score (nSPS) is 27.1. The monoisotopic (exact) mass is 590 g/mol. The number of hydrogen-bond donors (Lipinski definition) is 0. The van der Waals surface area contributed by atoms with Crippen LogP contribution in [0.4, 0.5) is 0 Å². The minimum atomic E-state index is -0.228. The van der Waals surface area contributed by atoms with Gasteiger partial charge in [0.25, 0.3) is 0 Å². The van der Waals surface area contributed by atoms with E-state index in [2.05, 4.69) is 91.8 Å². The van der Waals surface area contributed by atoms with Crippen LogP contribution in [0.2, 0.25) is 0 Å². The van der Waals surface area contributed by atoms with Gasteiger partial charge in [-0.15, -0.1) is 0 Å². The summed E-state index contributed by atoms with van der Waals surface area (Å²) in [6.45, 7) is 17.5. The molecule has 2 aromatic carbocycles. The minimum absolute atomic E-state index is 0.0106. The van der Waals surface area contributed by atoms with Crippen LogP contribution in [-0.2, 0) is 9.53 Å². The molecular formula is C39H58O4. The third-order valence-electron chi connectivity index (χ3n) is 11.1. The van der Waals surface area contributed by atoms with Crippen molar-refractivity contribution in [2.24, 2.45) is 23.7 Å². The van der Waals surface area contributed by atoms with Crippen LogP contribution in [-0.4, -0.2) is 23.8 Å². The van der Waals surface area contributed by atoms with Gasteiger partial charge in [-0.05, 0) is 143 Å². The Kier molecular flexibility index (Phi) is 11.3. The van der Waals surface area contributed by atoms with E-state index in [1.807, 2.05) is 12.1 Å². The highest BCUT2D eigenvalue weighted by molar-refractivity contribution is 5.71. The van der Waals surface area contributed by atoms with Crippen LogP contribution in [0.1, 0.15) is 136 Å². The highest BCUT2D eigenvalue weighted by Crippen LogP contribution is 2.60. The summed E-state index contributed by atoms with van der Waals surface area (Å²) < 4.78 is 17.9. The van der Waals surface area contributed by atoms with Crippen LogP contribution >= 0.6 is 0 Å². The van der Waals surface area contributed by atoms with E-state index < -0.39 is 0 Å². The van der Waals surface area contributed by atoms with Gasteiger partial charge in [0.05, 0.1) is 0 Å². The number of hydrogen-bond acceptors (Lipinski definition) is 4. The van der Waals surface area contributed by atoms with E-state index in [1.54, 1.807) is 0 Å². The van der Waals surface area contributed by atoms with Gasteiger partial charge in [0.2, 0.25) is 0 Å². The smallest absolute Gasteiger partial charge is 0.344 e. The fourth-order valence-corrected chi connectivity index (χ4v) is 7.80. The Labute approximate surface area is 262 Å². The number of rotatable bonds is 12. The predicted octanol–water partition coefficient (Wildman–Crippen LogP) is 10.5. The fraction of sp³-hybridized carbons (Fsp3) is 0.667. The molecule has 0 heterocycles. The molecule has 4 aliphatic carbocycles. The molecule has 4 saturated carbocycles. The molecule has 4 nitrogen and oxygen atoms in total. The summed E-state index contributed by atoms with van der Waals surface area (Å²) in [4.78, 5) is 12.6. The first kappa shape index (κ1) is 33.4. The maximum atomic E-state index is 12.6. The molecule has 0 N–H and O–H groups in total. The summed E-state index contributed by atoms with van der Waals surface area (Å²) in [5.41, 5.74) is 2.40. The van der Waals surface area contributed by atoms with Crippen LogP contribution in [0.25, 0.3) is 0 Å². The van der Waals surface area contributed by atoms with E-state index in [4.69, 9.17) is 14.2 Å². The Morgan fingerprint density at radius 2 is 1.23 bits per heavy atom. The Bertz CT molecular complexity index is 1120. The zero-order valence-electron chi connectivity index (χ0n) is 28.3. The van der Waals surface area contributed by atoms with Gasteiger partial charge in [-0.25, -0.2) is 4.79 Å². The maximum Gasteiger partial charge on any atom is 0.344 e. The Morgan fingerprint density at radius 1 is 0.767 bits per heavy atom. The first-order valence-corrected chi connectivity index (χ1v) is 17.3. The van der Waals surface area contributed by atoms with Gasteiger partial charge in [-0.2, -0.15) is 0 Å². The van der Waals surface area contributed by atoms with Crippen molar-refractivity contribution in [3.63, 3.8) is 0 Å². The zero-order valence-corrected chi connectivity index (χ0v) is 28.3. The van der Waals surface area contributed by atoms with Crippen molar-refractivity contribution in [1.82, 2.24) is 0 Å². The third kappa shape index (κ3) is 8.17. The molecule has 43 heavy (non-hydrogen) atoms. The van der Waals surface area contributed by atoms with E-state index in [1.165, 1.54) is 49.7 Å². The van der Waals surface area contributed by atoms with Gasteiger partial charge < -0.3 is 14.2 Å². The summed E-state index contributed by atoms with van der Waals surface area (Å²) in [7, 11) is 0. The molecule has 0 aliphatic heterocycles. The summed E-state index contributed by atoms with van der Waals surface area (Å²) >= 11 is 0. The average molecular weight is 591 g/mol. The maximum absolute atomic E-state index is 12.6. The lowest BCUT2D eigenvalue weighted by atomic mass is 9.49. The Hall–Kier alpha value is -2.49. The summed E-state index contributed by atoms with van der Waals surface area (Å²) in [5, 5.41) is 0. The molecule has 6 rings (SSSR count). The second-order valence-electron chi connectivity index (χ2n) is 14.3. The van der Waals surface area contributed by atoms with E-state index in [9.17, 15) is 4.79 Å². The van der Waals surface area contributed by atoms with Gasteiger partial charge in [0.15, 0.2) is 6.61 Å². The molecule has 0 aromatic heterocycles. The second-order valence-corrected chi connectivity index (χ2v) is 14.3. The standard InChI is InChI=1S/C24H34O3.C15H24O/c1-4-16(3)19-6-8-22(9-7-19)26-15-23(25)27-24(5-2)20-11-17-10-18(13-20)14-21(24)12-17;1-6-12(3)13-8-10-14(11-9-13)16-15(4,5)7-2/h6-9,16-18,20-21H,4-5,10-15H2,1-3H3;8-12H,6-7H2,1-5H3. The highest BCUT2D eigenvalue weighted by Gasteiger charge is 2.58. The van der Waals surface area contributed by atoms with Crippen LogP contribution < -0.4 is 9.47 Å². The largest absolute Gasteiger partial charge is 0.488 e. The molecule has 2 unspecified atom stereocenters. The summed E-state index contributed by atoms with van der Waals surface area (Å²) in [5.74, 6) is 5.59. The predicted molar refractivity (Wildman–Crippen MR) is 177 cm³/mol. The molecule has 4 heteroatoms. The van der Waals surface area contributed by atoms with E-state index in [-0.39, 0.29) is 23.8 Å². The molecule has 238 valence electrons. The SMILES string of the molecule is CCC(C)c1ccc(OC(C)(C)CC)cc1.CCC(C)c1ccc(OCC(=O)OC2(CC)C3CC4CC(C3)CC2C4)cc1. The van der Waals surface area contributed by atoms with Crippen molar-refractivity contribution in [3.05, 3.63) is 59.7 Å². The van der Waals surface area contributed by atoms with Crippen molar-refractivity contribution in [2.45, 2.75) is 136 Å². The van der Waals surface area contributed by atoms with Gasteiger partial charge in [0, 0.05) is 0 Å². The van der Waals surface area contributed by atoms with E-state index >= 15 is 0 Å². The van der Waals surface area contributed by atoms with Gasteiger partial charge in [0.1, 0.15) is 22.7 Å². The van der Waals surface area contributed by atoms with Crippen molar-refractivity contribution < 1.29 is 19.0 Å². The second kappa shape index (κ2) is 14.5. The Balaban J connectivity index is 0.000000227. The molecule has 0 saturated heterocycles. The van der Waals surface area contributed by atoms with E-state index in [0.717, 1.165) is 42.6 Å². The molecule has 0 radical (unpaired) electrons. The van der Waals surface area contributed by atoms with Crippen molar-refractivity contribution in [1.29, 1.82) is 0 Å². The quantitative estimate of drug-likeness (QED) is 0.231. The molecular weight excluding hydrogens is 532 g/mol. The number of benzene rings is 2. The third-order valence-corrected chi connectivity index (χ3v) is 11.1. The van der Waals surface area contributed by atoms with Crippen LogP contribution in [0.3, 0.4) is 0 Å². The molecule has 2 aromatic rings. The fourth-order valence-electron chi connectivity index (χ4n) is 7.80. The van der Waals surface area contributed by atoms with Crippen LogP contribution in [0.5, 0.6) is 11.5 Å². The van der Waals surface area contributed by atoms with Crippen molar-refractivity contribution in [3.8, 4) is 11.5 Å².